The zero-order valence-corrected chi connectivity index (χ0v) is 13.5. The van der Waals surface area contributed by atoms with Crippen LogP contribution >= 0.6 is 0 Å². The summed E-state index contributed by atoms with van der Waals surface area (Å²) in [6.45, 7) is 4.50. The van der Waals surface area contributed by atoms with E-state index < -0.39 is 0 Å². The average Bonchev–Trinajstić information content (AvgIpc) is 2.29. The fourth-order valence-corrected chi connectivity index (χ4v) is 2.24. The molecule has 0 bridgehead atoms. The van der Waals surface area contributed by atoms with Gasteiger partial charge in [-0.05, 0) is 88.9 Å². The third-order valence-electron chi connectivity index (χ3n) is 3.39. The molecule has 1 atom stereocenters. The van der Waals surface area contributed by atoms with Crippen LogP contribution in [0.4, 0.5) is 0 Å². The van der Waals surface area contributed by atoms with E-state index in [1.807, 2.05) is 0 Å². The van der Waals surface area contributed by atoms with Crippen LogP contribution in [0.25, 0.3) is 0 Å². The fraction of sp³-hybridized carbons (Fsp3) is 0.588. The molecule has 8 radical (unpaired) electrons. The third kappa shape index (κ3) is 9.54. The maximum absolute atomic E-state index is 2.30. The van der Waals surface area contributed by atoms with Crippen molar-refractivity contribution in [2.24, 2.45) is 5.92 Å². The predicted molar refractivity (Wildman–Crippen MR) is 76.2 cm³/mol. The van der Waals surface area contributed by atoms with Crippen molar-refractivity contribution < 1.29 is 19.5 Å². The molecule has 2 aliphatic rings. The Morgan fingerprint density at radius 2 is 1.44 bits per heavy atom. The molecule has 0 amide bonds. The fourth-order valence-electron chi connectivity index (χ4n) is 2.24. The first-order valence-corrected chi connectivity index (χ1v) is 7.12. The topological polar surface area (TPSA) is 0 Å². The SMILES string of the molecule is CCC1C[CH][CH][C](C)C1.[CH]1[CH]CC[CH][CH]CC1.[Rh]. The van der Waals surface area contributed by atoms with Crippen LogP contribution < -0.4 is 0 Å². The van der Waals surface area contributed by atoms with Gasteiger partial charge in [0.1, 0.15) is 0 Å². The Balaban J connectivity index is 0.000000306. The van der Waals surface area contributed by atoms with Crippen LogP contribution in [0.15, 0.2) is 0 Å². The minimum absolute atomic E-state index is 0. The first-order valence-electron chi connectivity index (χ1n) is 7.12. The molecule has 0 aromatic heterocycles. The van der Waals surface area contributed by atoms with Crippen LogP contribution in [0.1, 0.15) is 58.8 Å². The molecule has 0 aromatic rings. The molecule has 104 valence electrons. The van der Waals surface area contributed by atoms with E-state index in [0.29, 0.717) is 0 Å². The minimum atomic E-state index is 0. The molecule has 0 N–H and O–H groups in total. The summed E-state index contributed by atoms with van der Waals surface area (Å²) in [5.41, 5.74) is 0. The van der Waals surface area contributed by atoms with Gasteiger partial charge in [0.05, 0.1) is 0 Å². The number of rotatable bonds is 1. The first-order chi connectivity index (χ1) is 8.33. The average molecular weight is 334 g/mol. The van der Waals surface area contributed by atoms with E-state index in [4.69, 9.17) is 0 Å². The molecule has 0 aromatic carbocycles. The molecule has 2 fully saturated rings. The van der Waals surface area contributed by atoms with Gasteiger partial charge in [-0.15, -0.1) is 0 Å². The summed E-state index contributed by atoms with van der Waals surface area (Å²) >= 11 is 0. The van der Waals surface area contributed by atoms with Crippen molar-refractivity contribution in [2.45, 2.75) is 58.8 Å². The molecule has 0 aliphatic heterocycles. The summed E-state index contributed by atoms with van der Waals surface area (Å²) in [6, 6.07) is 0. The molecule has 2 aliphatic carbocycles. The summed E-state index contributed by atoms with van der Waals surface area (Å²) < 4.78 is 0. The molecule has 2 saturated carbocycles. The van der Waals surface area contributed by atoms with Gasteiger partial charge in [-0.1, -0.05) is 20.3 Å². The van der Waals surface area contributed by atoms with Gasteiger partial charge in [-0.25, -0.2) is 0 Å². The van der Waals surface area contributed by atoms with E-state index in [9.17, 15) is 0 Å². The predicted octanol–water partition coefficient (Wildman–Crippen LogP) is 5.18. The van der Waals surface area contributed by atoms with Crippen molar-refractivity contribution in [1.82, 2.24) is 0 Å². The Morgan fingerprint density at radius 1 is 0.944 bits per heavy atom. The minimum Gasteiger partial charge on any atom is -0.0651 e. The Kier molecular flexibility index (Phi) is 13.1. The molecule has 1 unspecified atom stereocenters. The second kappa shape index (κ2) is 12.6. The molecular formula is C17H27Rh. The molecule has 18 heavy (non-hydrogen) atoms. The van der Waals surface area contributed by atoms with Crippen molar-refractivity contribution in [3.05, 3.63) is 44.4 Å². The summed E-state index contributed by atoms with van der Waals surface area (Å²) in [7, 11) is 0. The Bertz CT molecular complexity index is 143. The molecule has 0 spiro atoms. The van der Waals surface area contributed by atoms with Crippen molar-refractivity contribution in [2.75, 3.05) is 0 Å². The van der Waals surface area contributed by atoms with Gasteiger partial charge < -0.3 is 0 Å². The first kappa shape index (κ1) is 18.6. The van der Waals surface area contributed by atoms with E-state index in [1.165, 1.54) is 44.9 Å². The van der Waals surface area contributed by atoms with E-state index in [2.05, 4.69) is 52.4 Å². The Morgan fingerprint density at radius 3 is 1.78 bits per heavy atom. The summed E-state index contributed by atoms with van der Waals surface area (Å²) in [5.74, 6) is 2.49. The summed E-state index contributed by atoms with van der Waals surface area (Å²) in [4.78, 5) is 0. The maximum Gasteiger partial charge on any atom is 0 e. The molecular weight excluding hydrogens is 307 g/mol. The van der Waals surface area contributed by atoms with Crippen molar-refractivity contribution in [3.63, 3.8) is 0 Å². The van der Waals surface area contributed by atoms with Crippen LogP contribution in [0.3, 0.4) is 0 Å². The van der Waals surface area contributed by atoms with Gasteiger partial charge in [0.15, 0.2) is 0 Å². The smallest absolute Gasteiger partial charge is 0 e. The third-order valence-corrected chi connectivity index (χ3v) is 3.39. The Hall–Kier alpha value is 0.623. The zero-order valence-electron chi connectivity index (χ0n) is 11.8. The second-order valence-corrected chi connectivity index (χ2v) is 5.06. The van der Waals surface area contributed by atoms with E-state index >= 15 is 0 Å². The molecule has 1 heteroatoms. The van der Waals surface area contributed by atoms with Crippen molar-refractivity contribution >= 4 is 0 Å². The quantitative estimate of drug-likeness (QED) is 0.579. The number of hydrogen-bond acceptors (Lipinski definition) is 0. The van der Waals surface area contributed by atoms with Crippen LogP contribution in [0.5, 0.6) is 0 Å². The van der Waals surface area contributed by atoms with Crippen molar-refractivity contribution in [3.8, 4) is 0 Å². The largest absolute Gasteiger partial charge is 0.0651 e. The molecule has 0 heterocycles. The molecule has 0 nitrogen and oxygen atoms in total. The Labute approximate surface area is 128 Å². The van der Waals surface area contributed by atoms with E-state index in [0.717, 1.165) is 5.92 Å². The maximum atomic E-state index is 2.30. The number of hydrogen-bond donors (Lipinski definition) is 0. The van der Waals surface area contributed by atoms with Crippen LogP contribution in [0.2, 0.25) is 0 Å². The molecule has 0 saturated heterocycles. The normalized spacial score (nSPS) is 26.0. The van der Waals surface area contributed by atoms with Gasteiger partial charge in [-0.3, -0.25) is 0 Å². The molecule has 2 rings (SSSR count). The van der Waals surface area contributed by atoms with E-state index in [1.54, 1.807) is 5.92 Å². The van der Waals surface area contributed by atoms with Gasteiger partial charge in [0, 0.05) is 19.5 Å². The standard InChI is InChI=1S/C9H15.C8H12.Rh/c1-3-9-6-4-5-8(2)7-9;1-2-4-6-8-7-5-3-1;/h4-5,9H,3,6-7H2,1-2H3;1-2,7-8H,3-6H2;. The van der Waals surface area contributed by atoms with Gasteiger partial charge in [-0.2, -0.15) is 0 Å². The van der Waals surface area contributed by atoms with Crippen molar-refractivity contribution in [1.29, 1.82) is 0 Å². The van der Waals surface area contributed by atoms with Gasteiger partial charge >= 0.3 is 0 Å². The monoisotopic (exact) mass is 334 g/mol. The van der Waals surface area contributed by atoms with E-state index in [-0.39, 0.29) is 19.5 Å². The van der Waals surface area contributed by atoms with Crippen LogP contribution in [0, 0.1) is 50.4 Å². The summed E-state index contributed by atoms with van der Waals surface area (Å²) in [6.07, 6.45) is 22.5. The van der Waals surface area contributed by atoms with Gasteiger partial charge in [0.25, 0.3) is 0 Å². The van der Waals surface area contributed by atoms with Crippen LogP contribution in [-0.2, 0) is 19.5 Å². The second-order valence-electron chi connectivity index (χ2n) is 5.06. The zero-order chi connectivity index (χ0) is 12.3. The van der Waals surface area contributed by atoms with Crippen LogP contribution in [-0.4, -0.2) is 0 Å². The van der Waals surface area contributed by atoms with Gasteiger partial charge in [0.2, 0.25) is 0 Å². The summed E-state index contributed by atoms with van der Waals surface area (Å²) in [5, 5.41) is 0.